The Bertz CT molecular complexity index is 1280. The van der Waals surface area contributed by atoms with Crippen molar-refractivity contribution in [2.45, 2.75) is 63.6 Å². The van der Waals surface area contributed by atoms with Crippen LogP contribution in [0.15, 0.2) is 84.9 Å². The summed E-state index contributed by atoms with van der Waals surface area (Å²) in [7, 11) is 0. The van der Waals surface area contributed by atoms with Crippen LogP contribution < -0.4 is 5.32 Å². The molecule has 7 heteroatoms. The van der Waals surface area contributed by atoms with Crippen molar-refractivity contribution in [1.29, 1.82) is 0 Å². The van der Waals surface area contributed by atoms with Crippen LogP contribution in [0.1, 0.15) is 49.4 Å². The fraction of sp³-hybridized carbons (Fsp3) is 0.394. The summed E-state index contributed by atoms with van der Waals surface area (Å²) >= 11 is 0. The molecule has 2 fully saturated rings. The molecule has 2 aliphatic heterocycles. The van der Waals surface area contributed by atoms with Crippen LogP contribution in [0.2, 0.25) is 0 Å². The van der Waals surface area contributed by atoms with Gasteiger partial charge in [-0.1, -0.05) is 84.9 Å². The van der Waals surface area contributed by atoms with Gasteiger partial charge in [0.2, 0.25) is 5.79 Å². The van der Waals surface area contributed by atoms with Crippen LogP contribution in [0.3, 0.4) is 0 Å². The molecular formula is C33H37NO6. The third kappa shape index (κ3) is 6.54. The van der Waals surface area contributed by atoms with E-state index in [0.717, 1.165) is 22.3 Å². The third-order valence-corrected chi connectivity index (χ3v) is 7.23. The number of amides is 1. The molecule has 0 saturated carbocycles. The summed E-state index contributed by atoms with van der Waals surface area (Å²) in [5.74, 6) is -1.48. The van der Waals surface area contributed by atoms with Gasteiger partial charge < -0.3 is 24.3 Å². The summed E-state index contributed by atoms with van der Waals surface area (Å²) in [6.45, 7) is 6.51. The van der Waals surface area contributed by atoms with Crippen molar-refractivity contribution in [2.24, 2.45) is 5.92 Å². The Labute approximate surface area is 235 Å². The van der Waals surface area contributed by atoms with E-state index in [1.54, 1.807) is 0 Å². The Morgan fingerprint density at radius 3 is 2.12 bits per heavy atom. The van der Waals surface area contributed by atoms with E-state index >= 15 is 0 Å². The third-order valence-electron chi connectivity index (χ3n) is 7.23. The predicted molar refractivity (Wildman–Crippen MR) is 151 cm³/mol. The highest BCUT2D eigenvalue weighted by Gasteiger charge is 2.42. The van der Waals surface area contributed by atoms with Gasteiger partial charge in [0.15, 0.2) is 0 Å². The van der Waals surface area contributed by atoms with Gasteiger partial charge in [-0.2, -0.15) is 0 Å². The molecule has 1 N–H and O–H groups in total. The summed E-state index contributed by atoms with van der Waals surface area (Å²) in [4.78, 5) is 25.6. The number of ether oxygens (including phenoxy) is 4. The molecule has 3 aromatic carbocycles. The number of nitrogens with one attached hydrogen (secondary N) is 1. The number of cyclic esters (lactones) is 1. The molecule has 0 spiro atoms. The Hall–Kier alpha value is -3.68. The highest BCUT2D eigenvalue weighted by atomic mass is 16.7. The van der Waals surface area contributed by atoms with Gasteiger partial charge in [0.05, 0.1) is 25.2 Å². The molecule has 210 valence electrons. The highest BCUT2D eigenvalue weighted by molar-refractivity contribution is 5.75. The minimum absolute atomic E-state index is 0.249. The molecule has 0 aliphatic carbocycles. The van der Waals surface area contributed by atoms with Gasteiger partial charge in [-0.05, 0) is 44.7 Å². The van der Waals surface area contributed by atoms with E-state index in [9.17, 15) is 9.59 Å². The van der Waals surface area contributed by atoms with Crippen LogP contribution in [0, 0.1) is 5.92 Å². The number of carbonyl (C=O) groups excluding carboxylic acids is 2. The second-order valence-corrected chi connectivity index (χ2v) is 11.4. The van der Waals surface area contributed by atoms with E-state index in [1.165, 1.54) is 0 Å². The maximum atomic E-state index is 13.0. The molecule has 2 aliphatic rings. The number of benzene rings is 3. The molecule has 2 saturated heterocycles. The first kappa shape index (κ1) is 27.9. The van der Waals surface area contributed by atoms with Gasteiger partial charge in [-0.15, -0.1) is 0 Å². The fourth-order valence-electron chi connectivity index (χ4n) is 5.40. The zero-order valence-corrected chi connectivity index (χ0v) is 23.3. The van der Waals surface area contributed by atoms with Crippen molar-refractivity contribution in [1.82, 2.24) is 5.32 Å². The van der Waals surface area contributed by atoms with Gasteiger partial charge >= 0.3 is 12.1 Å². The molecule has 3 atom stereocenters. The van der Waals surface area contributed by atoms with E-state index in [2.05, 4.69) is 5.32 Å². The first-order valence-electron chi connectivity index (χ1n) is 13.9. The smallest absolute Gasteiger partial charge is 0.408 e. The molecule has 0 radical (unpaired) electrons. The van der Waals surface area contributed by atoms with E-state index in [0.29, 0.717) is 32.5 Å². The van der Waals surface area contributed by atoms with Crippen LogP contribution in [0.5, 0.6) is 0 Å². The van der Waals surface area contributed by atoms with E-state index in [-0.39, 0.29) is 11.9 Å². The average Bonchev–Trinajstić information content (AvgIpc) is 3.57. The van der Waals surface area contributed by atoms with Crippen molar-refractivity contribution in [2.75, 3.05) is 13.2 Å². The first-order valence-corrected chi connectivity index (χ1v) is 13.9. The molecule has 5 rings (SSSR count). The first-order chi connectivity index (χ1) is 19.2. The zero-order valence-electron chi connectivity index (χ0n) is 23.3. The Kier molecular flexibility index (Phi) is 8.24. The summed E-state index contributed by atoms with van der Waals surface area (Å²) in [6, 6.07) is 27.4. The summed E-state index contributed by atoms with van der Waals surface area (Å²) in [5.41, 5.74) is 3.30. The van der Waals surface area contributed by atoms with Crippen molar-refractivity contribution in [3.63, 3.8) is 0 Å². The monoisotopic (exact) mass is 543 g/mol. The molecule has 0 unspecified atom stereocenters. The highest BCUT2D eigenvalue weighted by Crippen LogP contribution is 2.38. The normalized spacial score (nSPS) is 21.0. The average molecular weight is 544 g/mol. The lowest BCUT2D eigenvalue weighted by molar-refractivity contribution is -0.145. The summed E-state index contributed by atoms with van der Waals surface area (Å²) in [6.07, 6.45) is 0.605. The number of carbonyl (C=O) groups is 2. The minimum atomic E-state index is -0.921. The maximum Gasteiger partial charge on any atom is 0.408 e. The van der Waals surface area contributed by atoms with Crippen LogP contribution in [-0.4, -0.2) is 43.0 Å². The zero-order chi connectivity index (χ0) is 28.2. The molecule has 3 aromatic rings. The van der Waals surface area contributed by atoms with Crippen molar-refractivity contribution < 1.29 is 28.5 Å². The topological polar surface area (TPSA) is 83.1 Å². The molecule has 40 heavy (non-hydrogen) atoms. The van der Waals surface area contributed by atoms with Gasteiger partial charge in [0.1, 0.15) is 11.7 Å². The largest absolute Gasteiger partial charge is 0.460 e. The Balaban J connectivity index is 1.28. The Morgan fingerprint density at radius 2 is 1.50 bits per heavy atom. The summed E-state index contributed by atoms with van der Waals surface area (Å²) < 4.78 is 23.6. The molecule has 2 heterocycles. The molecule has 7 nitrogen and oxygen atoms in total. The van der Waals surface area contributed by atoms with Gasteiger partial charge in [-0.25, -0.2) is 4.79 Å². The van der Waals surface area contributed by atoms with Crippen LogP contribution in [-0.2, 0) is 42.4 Å². The van der Waals surface area contributed by atoms with Crippen molar-refractivity contribution >= 4 is 12.1 Å². The van der Waals surface area contributed by atoms with E-state index in [1.807, 2.05) is 106 Å². The van der Waals surface area contributed by atoms with Gasteiger partial charge in [0, 0.05) is 17.5 Å². The maximum absolute atomic E-state index is 13.0. The van der Waals surface area contributed by atoms with Gasteiger partial charge in [0.25, 0.3) is 0 Å². The lowest BCUT2D eigenvalue weighted by atomic mass is 9.90. The number of hydrogen-bond donors (Lipinski definition) is 1. The van der Waals surface area contributed by atoms with Crippen molar-refractivity contribution in [3.8, 4) is 0 Å². The van der Waals surface area contributed by atoms with Crippen LogP contribution in [0.25, 0.3) is 0 Å². The minimum Gasteiger partial charge on any atom is -0.460 e. The number of esters is 1. The lowest BCUT2D eigenvalue weighted by Crippen LogP contribution is -2.46. The second-order valence-electron chi connectivity index (χ2n) is 11.4. The van der Waals surface area contributed by atoms with Crippen molar-refractivity contribution in [3.05, 3.63) is 107 Å². The van der Waals surface area contributed by atoms with E-state index in [4.69, 9.17) is 18.9 Å². The SMILES string of the molecule is CC(C)(C)OC(=O)N[C@@H](Cc1ccccc1)[C@H]1C[C@@H](Cc2ccc(C3(c4ccccc4)OCCO3)cc2)C(=O)O1. The van der Waals surface area contributed by atoms with E-state index < -0.39 is 29.6 Å². The van der Waals surface area contributed by atoms with Gasteiger partial charge in [-0.3, -0.25) is 4.79 Å². The lowest BCUT2D eigenvalue weighted by Gasteiger charge is -2.28. The quantitative estimate of drug-likeness (QED) is 0.376. The molecular weight excluding hydrogens is 506 g/mol. The fourth-order valence-corrected chi connectivity index (χ4v) is 5.40. The number of hydrogen-bond acceptors (Lipinski definition) is 6. The Morgan fingerprint density at radius 1 is 0.900 bits per heavy atom. The van der Waals surface area contributed by atoms with Crippen LogP contribution >= 0.6 is 0 Å². The molecule has 1 amide bonds. The van der Waals surface area contributed by atoms with Crippen LogP contribution in [0.4, 0.5) is 4.79 Å². The summed E-state index contributed by atoms with van der Waals surface area (Å²) in [5, 5.41) is 2.96. The number of alkyl carbamates (subject to hydrolysis) is 1. The molecule has 0 aromatic heterocycles. The second kappa shape index (κ2) is 11.8. The molecule has 0 bridgehead atoms. The number of rotatable bonds is 8. The predicted octanol–water partition coefficient (Wildman–Crippen LogP) is 5.54. The standard InChI is InChI=1S/C33H37NO6/c1-32(2,3)40-31(36)34-28(21-23-10-6-4-7-11-23)29-22-25(30(35)39-29)20-24-14-16-27(17-15-24)33(37-18-19-38-33)26-12-8-5-9-13-26/h4-17,25,28-29H,18-22H2,1-3H3,(H,34,36)/t25-,28+,29-/m1/s1.